The van der Waals surface area contributed by atoms with E-state index in [1.165, 1.54) is 11.3 Å². The number of ether oxygens (including phenoxy) is 2. The molecule has 1 aliphatic heterocycles. The van der Waals surface area contributed by atoms with Gasteiger partial charge in [0, 0.05) is 55.2 Å². The smallest absolute Gasteiger partial charge is 0.231 e. The molecule has 0 aliphatic carbocycles. The number of fused-ring (bicyclic) bond motifs is 1. The highest BCUT2D eigenvalue weighted by Crippen LogP contribution is 2.35. The second kappa shape index (κ2) is 8.04. The van der Waals surface area contributed by atoms with Crippen molar-refractivity contribution in [1.82, 2.24) is 14.5 Å². The number of pyridine rings is 1. The topological polar surface area (TPSA) is 59.8 Å². The maximum absolute atomic E-state index is 9.50. The molecule has 0 atom stereocenters. The van der Waals surface area contributed by atoms with Crippen LogP contribution in [0.25, 0.3) is 5.69 Å². The van der Waals surface area contributed by atoms with Crippen molar-refractivity contribution < 1.29 is 14.6 Å². The Morgan fingerprint density at radius 3 is 2.75 bits per heavy atom. The monoisotopic (exact) mass is 379 g/mol. The van der Waals surface area contributed by atoms with Crippen LogP contribution in [0, 0.1) is 13.8 Å². The fraction of sp³-hybridized carbons (Fsp3) is 0.318. The summed E-state index contributed by atoms with van der Waals surface area (Å²) in [5, 5.41) is 9.50. The van der Waals surface area contributed by atoms with Gasteiger partial charge >= 0.3 is 0 Å². The van der Waals surface area contributed by atoms with E-state index in [1.54, 1.807) is 6.20 Å². The van der Waals surface area contributed by atoms with Crippen molar-refractivity contribution >= 4 is 0 Å². The Morgan fingerprint density at radius 2 is 1.96 bits per heavy atom. The Balaban J connectivity index is 1.59. The third-order valence-corrected chi connectivity index (χ3v) is 5.09. The second-order valence-electron chi connectivity index (χ2n) is 7.06. The lowest BCUT2D eigenvalue weighted by atomic mass is 10.2. The first-order valence-electron chi connectivity index (χ1n) is 9.45. The highest BCUT2D eigenvalue weighted by molar-refractivity contribution is 5.52. The lowest BCUT2D eigenvalue weighted by molar-refractivity contribution is 0.174. The van der Waals surface area contributed by atoms with Crippen LogP contribution in [-0.4, -0.2) is 39.5 Å². The first-order chi connectivity index (χ1) is 13.7. The third-order valence-electron chi connectivity index (χ3n) is 5.09. The van der Waals surface area contributed by atoms with Crippen molar-refractivity contribution in [3.8, 4) is 17.2 Å². The molecular formula is C22H25N3O3. The van der Waals surface area contributed by atoms with E-state index >= 15 is 0 Å². The summed E-state index contributed by atoms with van der Waals surface area (Å²) in [4.78, 5) is 6.43. The van der Waals surface area contributed by atoms with Crippen molar-refractivity contribution in [1.29, 1.82) is 0 Å². The molecule has 6 nitrogen and oxygen atoms in total. The molecule has 28 heavy (non-hydrogen) atoms. The maximum atomic E-state index is 9.50. The summed E-state index contributed by atoms with van der Waals surface area (Å²) in [6.07, 6.45) is 3.65. The molecule has 1 aromatic carbocycles. The minimum absolute atomic E-state index is 0.126. The number of benzene rings is 1. The molecule has 0 spiro atoms. The van der Waals surface area contributed by atoms with Gasteiger partial charge in [-0.05, 0) is 49.2 Å². The average molecular weight is 379 g/mol. The number of aliphatic hydroxyl groups is 1. The summed E-state index contributed by atoms with van der Waals surface area (Å²) < 4.78 is 13.2. The minimum Gasteiger partial charge on any atom is -0.454 e. The minimum atomic E-state index is 0.126. The Labute approximate surface area is 165 Å². The summed E-state index contributed by atoms with van der Waals surface area (Å²) in [7, 11) is 0. The molecule has 1 aliphatic rings. The highest BCUT2D eigenvalue weighted by atomic mass is 16.7. The molecule has 0 fully saturated rings. The molecule has 6 heteroatoms. The van der Waals surface area contributed by atoms with Crippen molar-refractivity contribution in [2.75, 3.05) is 19.9 Å². The Bertz CT molecular complexity index is 953. The predicted octanol–water partition coefficient (Wildman–Crippen LogP) is 3.21. The van der Waals surface area contributed by atoms with E-state index in [0.29, 0.717) is 6.54 Å². The van der Waals surface area contributed by atoms with E-state index in [9.17, 15) is 5.11 Å². The predicted molar refractivity (Wildman–Crippen MR) is 107 cm³/mol. The van der Waals surface area contributed by atoms with E-state index in [-0.39, 0.29) is 13.4 Å². The average Bonchev–Trinajstić information content (AvgIpc) is 3.26. The van der Waals surface area contributed by atoms with Crippen molar-refractivity contribution in [3.05, 3.63) is 71.3 Å². The molecule has 3 aromatic rings. The molecular weight excluding hydrogens is 354 g/mol. The molecule has 0 radical (unpaired) electrons. The highest BCUT2D eigenvalue weighted by Gasteiger charge is 2.18. The fourth-order valence-electron chi connectivity index (χ4n) is 3.76. The normalized spacial score (nSPS) is 12.7. The van der Waals surface area contributed by atoms with Gasteiger partial charge in [0.05, 0.1) is 6.61 Å². The van der Waals surface area contributed by atoms with Gasteiger partial charge in [-0.15, -0.1) is 0 Å². The van der Waals surface area contributed by atoms with Crippen LogP contribution in [0.15, 0.2) is 48.8 Å². The van der Waals surface area contributed by atoms with E-state index in [1.807, 2.05) is 24.4 Å². The summed E-state index contributed by atoms with van der Waals surface area (Å²) in [6.45, 7) is 6.77. The zero-order valence-electron chi connectivity index (χ0n) is 16.3. The lowest BCUT2D eigenvalue weighted by Gasteiger charge is -2.21. The van der Waals surface area contributed by atoms with Gasteiger partial charge in [0.25, 0.3) is 0 Å². The molecule has 0 saturated carbocycles. The molecule has 4 rings (SSSR count). The molecule has 1 N–H and O–H groups in total. The van der Waals surface area contributed by atoms with Crippen LogP contribution < -0.4 is 9.47 Å². The first-order valence-corrected chi connectivity index (χ1v) is 9.45. The van der Waals surface area contributed by atoms with Gasteiger partial charge in [-0.3, -0.25) is 9.88 Å². The van der Waals surface area contributed by atoms with Gasteiger partial charge in [-0.2, -0.15) is 0 Å². The van der Waals surface area contributed by atoms with Crippen molar-refractivity contribution in [3.63, 3.8) is 0 Å². The molecule has 0 bridgehead atoms. The van der Waals surface area contributed by atoms with Crippen LogP contribution in [0.5, 0.6) is 11.5 Å². The van der Waals surface area contributed by atoms with E-state index < -0.39 is 0 Å². The SMILES string of the molecule is Cc1cc(CN(CCO)Cc2cccnc2)c(C)n1-c1ccc2c(c1)OCO2. The third kappa shape index (κ3) is 3.74. The fourth-order valence-corrected chi connectivity index (χ4v) is 3.76. The van der Waals surface area contributed by atoms with Crippen LogP contribution in [0.4, 0.5) is 0 Å². The van der Waals surface area contributed by atoms with Gasteiger partial charge in [-0.25, -0.2) is 0 Å². The lowest BCUT2D eigenvalue weighted by Crippen LogP contribution is -2.26. The Kier molecular flexibility index (Phi) is 5.32. The van der Waals surface area contributed by atoms with E-state index in [4.69, 9.17) is 9.47 Å². The summed E-state index contributed by atoms with van der Waals surface area (Å²) in [5.41, 5.74) is 5.79. The van der Waals surface area contributed by atoms with Crippen molar-refractivity contribution in [2.45, 2.75) is 26.9 Å². The number of aryl methyl sites for hydroxylation is 1. The maximum Gasteiger partial charge on any atom is 0.231 e. The quantitative estimate of drug-likeness (QED) is 0.683. The van der Waals surface area contributed by atoms with Crippen LogP contribution in [0.1, 0.15) is 22.5 Å². The summed E-state index contributed by atoms with van der Waals surface area (Å²) >= 11 is 0. The Hall–Kier alpha value is -2.83. The molecule has 2 aromatic heterocycles. The van der Waals surface area contributed by atoms with Gasteiger partial charge < -0.3 is 19.1 Å². The van der Waals surface area contributed by atoms with Crippen LogP contribution in [0.2, 0.25) is 0 Å². The summed E-state index contributed by atoms with van der Waals surface area (Å²) in [5.74, 6) is 1.57. The molecule has 3 heterocycles. The number of hydrogen-bond acceptors (Lipinski definition) is 5. The van der Waals surface area contributed by atoms with E-state index in [0.717, 1.165) is 41.5 Å². The van der Waals surface area contributed by atoms with Crippen molar-refractivity contribution in [2.24, 2.45) is 0 Å². The van der Waals surface area contributed by atoms with Crippen LogP contribution in [0.3, 0.4) is 0 Å². The second-order valence-corrected chi connectivity index (χ2v) is 7.06. The van der Waals surface area contributed by atoms with Crippen LogP contribution in [-0.2, 0) is 13.1 Å². The van der Waals surface area contributed by atoms with Gasteiger partial charge in [0.1, 0.15) is 0 Å². The molecule has 0 unspecified atom stereocenters. The molecule has 146 valence electrons. The largest absolute Gasteiger partial charge is 0.454 e. The Morgan fingerprint density at radius 1 is 1.11 bits per heavy atom. The number of rotatable bonds is 7. The first kappa shape index (κ1) is 18.5. The van der Waals surface area contributed by atoms with Gasteiger partial charge in [-0.1, -0.05) is 6.07 Å². The zero-order valence-corrected chi connectivity index (χ0v) is 16.3. The zero-order chi connectivity index (χ0) is 19.5. The number of aliphatic hydroxyl groups excluding tert-OH is 1. The summed E-state index contributed by atoms with van der Waals surface area (Å²) in [6, 6.07) is 12.3. The van der Waals surface area contributed by atoms with Gasteiger partial charge in [0.15, 0.2) is 11.5 Å². The number of nitrogens with zero attached hydrogens (tertiary/aromatic N) is 3. The standard InChI is InChI=1S/C22H25N3O3/c1-16-10-19(14-24(8-9-26)13-18-4-3-7-23-12-18)17(2)25(16)20-5-6-21-22(11-20)28-15-27-21/h3-7,10-12,26H,8-9,13-15H2,1-2H3. The molecule has 0 amide bonds. The van der Waals surface area contributed by atoms with Crippen LogP contribution >= 0.6 is 0 Å². The van der Waals surface area contributed by atoms with Gasteiger partial charge in [0.2, 0.25) is 6.79 Å². The number of aromatic nitrogens is 2. The number of hydrogen-bond donors (Lipinski definition) is 1. The molecule has 0 saturated heterocycles. The van der Waals surface area contributed by atoms with E-state index in [2.05, 4.69) is 46.5 Å².